The lowest BCUT2D eigenvalue weighted by Crippen LogP contribution is -2.04. The maximum absolute atomic E-state index is 10.6. The van der Waals surface area contributed by atoms with E-state index in [1.807, 2.05) is 5.38 Å². The lowest BCUT2D eigenvalue weighted by Gasteiger charge is -1.99. The third kappa shape index (κ3) is 2.80. The number of nitrogens with one attached hydrogen (secondary N) is 1. The molecule has 2 rings (SSSR count). The van der Waals surface area contributed by atoms with E-state index in [1.54, 1.807) is 11.3 Å². The van der Waals surface area contributed by atoms with E-state index >= 15 is 0 Å². The van der Waals surface area contributed by atoms with Crippen molar-refractivity contribution in [1.82, 2.24) is 4.98 Å². The number of carbonyl (C=O) groups is 1. The molecule has 0 amide bonds. The highest BCUT2D eigenvalue weighted by atomic mass is 32.1. The van der Waals surface area contributed by atoms with Crippen molar-refractivity contribution >= 4 is 33.8 Å². The summed E-state index contributed by atoms with van der Waals surface area (Å²) in [6.45, 7) is 0.767. The van der Waals surface area contributed by atoms with Gasteiger partial charge in [0.2, 0.25) is 0 Å². The number of thiazole rings is 1. The zero-order valence-corrected chi connectivity index (χ0v) is 9.98. The molecule has 16 heavy (non-hydrogen) atoms. The Balaban J connectivity index is 1.83. The van der Waals surface area contributed by atoms with Crippen LogP contribution in [-0.2, 0) is 6.42 Å². The highest BCUT2D eigenvalue weighted by molar-refractivity contribution is 7.13. The average Bonchev–Trinajstić information content (AvgIpc) is 2.87. The van der Waals surface area contributed by atoms with Crippen LogP contribution in [-0.4, -0.2) is 22.6 Å². The van der Waals surface area contributed by atoms with E-state index in [2.05, 4.69) is 21.7 Å². The van der Waals surface area contributed by atoms with Gasteiger partial charge in [0, 0.05) is 11.9 Å². The zero-order valence-electron chi connectivity index (χ0n) is 8.34. The fourth-order valence-corrected chi connectivity index (χ4v) is 2.62. The molecule has 0 spiro atoms. The second-order valence-electron chi connectivity index (χ2n) is 3.15. The molecule has 4 nitrogen and oxygen atoms in total. The first-order chi connectivity index (χ1) is 7.75. The smallest absolute Gasteiger partial charge is 0.355 e. The third-order valence-corrected chi connectivity index (χ3v) is 3.53. The van der Waals surface area contributed by atoms with Crippen molar-refractivity contribution in [3.8, 4) is 0 Å². The van der Waals surface area contributed by atoms with Crippen molar-refractivity contribution in [2.24, 2.45) is 0 Å². The molecule has 0 unspecified atom stereocenters. The summed E-state index contributed by atoms with van der Waals surface area (Å²) in [6.07, 6.45) is 0.922. The van der Waals surface area contributed by atoms with E-state index in [0.29, 0.717) is 5.13 Å². The number of hydrogen-bond acceptors (Lipinski definition) is 5. The molecule has 0 saturated heterocycles. The van der Waals surface area contributed by atoms with Crippen LogP contribution in [0.25, 0.3) is 0 Å². The van der Waals surface area contributed by atoms with Crippen molar-refractivity contribution < 1.29 is 9.90 Å². The van der Waals surface area contributed by atoms with E-state index in [1.165, 1.54) is 22.3 Å². The van der Waals surface area contributed by atoms with Gasteiger partial charge in [-0.15, -0.1) is 11.3 Å². The first kappa shape index (κ1) is 11.1. The normalized spacial score (nSPS) is 10.2. The molecule has 2 N–H and O–H groups in total. The standard InChI is InChI=1S/C10H10N2O2S2/c13-9(14)8-6-16-10(12-8)11-3-1-7-2-4-15-5-7/h2,4-6H,1,3H2,(H,11,12)(H,13,14). The maximum atomic E-state index is 10.6. The number of thiophene rings is 1. The van der Waals surface area contributed by atoms with E-state index in [4.69, 9.17) is 5.11 Å². The highest BCUT2D eigenvalue weighted by Crippen LogP contribution is 2.15. The summed E-state index contributed by atoms with van der Waals surface area (Å²) >= 11 is 2.99. The Hall–Kier alpha value is -1.40. The fourth-order valence-electron chi connectivity index (χ4n) is 1.20. The highest BCUT2D eigenvalue weighted by Gasteiger charge is 2.07. The van der Waals surface area contributed by atoms with Crippen LogP contribution in [0.1, 0.15) is 16.1 Å². The molecule has 0 bridgehead atoms. The molecular formula is C10H10N2O2S2. The summed E-state index contributed by atoms with van der Waals surface area (Å²) in [5.41, 5.74) is 1.38. The van der Waals surface area contributed by atoms with Gasteiger partial charge in [-0.2, -0.15) is 11.3 Å². The van der Waals surface area contributed by atoms with Gasteiger partial charge in [-0.1, -0.05) is 0 Å². The summed E-state index contributed by atoms with van der Waals surface area (Å²) in [7, 11) is 0. The Morgan fingerprint density at radius 1 is 1.50 bits per heavy atom. The molecule has 0 saturated carbocycles. The predicted octanol–water partition coefficient (Wildman–Crippen LogP) is 2.56. The SMILES string of the molecule is O=C(O)c1csc(NCCc2ccsc2)n1. The van der Waals surface area contributed by atoms with E-state index in [0.717, 1.165) is 13.0 Å². The molecule has 0 radical (unpaired) electrons. The number of anilines is 1. The lowest BCUT2D eigenvalue weighted by molar-refractivity contribution is 0.0691. The average molecular weight is 254 g/mol. The van der Waals surface area contributed by atoms with Crippen molar-refractivity contribution in [2.45, 2.75) is 6.42 Å². The van der Waals surface area contributed by atoms with E-state index in [-0.39, 0.29) is 5.69 Å². The topological polar surface area (TPSA) is 62.2 Å². The Kier molecular flexibility index (Phi) is 3.53. The number of nitrogens with zero attached hydrogens (tertiary/aromatic N) is 1. The minimum Gasteiger partial charge on any atom is -0.476 e. The molecule has 0 aliphatic carbocycles. The van der Waals surface area contributed by atoms with Crippen LogP contribution >= 0.6 is 22.7 Å². The van der Waals surface area contributed by atoms with Gasteiger partial charge in [-0.05, 0) is 28.8 Å². The van der Waals surface area contributed by atoms with Gasteiger partial charge < -0.3 is 10.4 Å². The molecule has 2 aromatic heterocycles. The number of aromatic nitrogens is 1. The maximum Gasteiger partial charge on any atom is 0.355 e. The first-order valence-corrected chi connectivity index (χ1v) is 6.52. The summed E-state index contributed by atoms with van der Waals surface area (Å²) in [5.74, 6) is -0.984. The molecule has 2 aromatic rings. The second-order valence-corrected chi connectivity index (χ2v) is 4.79. The van der Waals surface area contributed by atoms with Crippen LogP contribution in [0.2, 0.25) is 0 Å². The van der Waals surface area contributed by atoms with Gasteiger partial charge in [0.1, 0.15) is 0 Å². The predicted molar refractivity (Wildman–Crippen MR) is 65.6 cm³/mol. The quantitative estimate of drug-likeness (QED) is 0.860. The summed E-state index contributed by atoms with van der Waals surface area (Å²) < 4.78 is 0. The molecule has 0 atom stereocenters. The van der Waals surface area contributed by atoms with E-state index < -0.39 is 5.97 Å². The summed E-state index contributed by atoms with van der Waals surface area (Å²) in [6, 6.07) is 2.08. The van der Waals surface area contributed by atoms with Crippen molar-refractivity contribution in [3.05, 3.63) is 33.5 Å². The van der Waals surface area contributed by atoms with Crippen molar-refractivity contribution in [1.29, 1.82) is 0 Å². The molecule has 0 aliphatic rings. The Morgan fingerprint density at radius 2 is 2.38 bits per heavy atom. The van der Waals surface area contributed by atoms with Crippen LogP contribution < -0.4 is 5.32 Å². The van der Waals surface area contributed by atoms with Gasteiger partial charge >= 0.3 is 5.97 Å². The van der Waals surface area contributed by atoms with Gasteiger partial charge in [-0.25, -0.2) is 9.78 Å². The van der Waals surface area contributed by atoms with Gasteiger partial charge in [-0.3, -0.25) is 0 Å². The molecule has 84 valence electrons. The molecule has 2 heterocycles. The Bertz CT molecular complexity index is 465. The first-order valence-electron chi connectivity index (χ1n) is 4.69. The van der Waals surface area contributed by atoms with Crippen LogP contribution in [0.3, 0.4) is 0 Å². The van der Waals surface area contributed by atoms with Crippen LogP contribution in [0.5, 0.6) is 0 Å². The third-order valence-electron chi connectivity index (χ3n) is 1.99. The summed E-state index contributed by atoms with van der Waals surface area (Å²) in [5, 5.41) is 18.1. The lowest BCUT2D eigenvalue weighted by atomic mass is 10.2. The van der Waals surface area contributed by atoms with Gasteiger partial charge in [0.25, 0.3) is 0 Å². The molecule has 0 aliphatic heterocycles. The van der Waals surface area contributed by atoms with Gasteiger partial charge in [0.15, 0.2) is 10.8 Å². The molecular weight excluding hydrogens is 244 g/mol. The Labute approximate surface area is 101 Å². The zero-order chi connectivity index (χ0) is 11.4. The van der Waals surface area contributed by atoms with Gasteiger partial charge in [0.05, 0.1) is 0 Å². The fraction of sp³-hybridized carbons (Fsp3) is 0.200. The summed E-state index contributed by atoms with van der Waals surface area (Å²) in [4.78, 5) is 14.5. The van der Waals surface area contributed by atoms with Crippen LogP contribution in [0, 0.1) is 0 Å². The minimum absolute atomic E-state index is 0.100. The largest absolute Gasteiger partial charge is 0.476 e. The number of hydrogen-bond donors (Lipinski definition) is 2. The number of carboxylic acid groups (broad SMARTS) is 1. The van der Waals surface area contributed by atoms with E-state index in [9.17, 15) is 4.79 Å². The second kappa shape index (κ2) is 5.09. The molecule has 0 aromatic carbocycles. The van der Waals surface area contributed by atoms with Crippen molar-refractivity contribution in [2.75, 3.05) is 11.9 Å². The number of aromatic carboxylic acids is 1. The number of carboxylic acids is 1. The van der Waals surface area contributed by atoms with Crippen LogP contribution in [0.15, 0.2) is 22.2 Å². The minimum atomic E-state index is -0.984. The van der Waals surface area contributed by atoms with Crippen molar-refractivity contribution in [3.63, 3.8) is 0 Å². The monoisotopic (exact) mass is 254 g/mol. The van der Waals surface area contributed by atoms with Crippen LogP contribution in [0.4, 0.5) is 5.13 Å². The molecule has 0 fully saturated rings. The number of rotatable bonds is 5. The molecule has 6 heteroatoms. The Morgan fingerprint density at radius 3 is 3.00 bits per heavy atom.